The first-order valence-corrected chi connectivity index (χ1v) is 7.87. The summed E-state index contributed by atoms with van der Waals surface area (Å²) in [6.07, 6.45) is 0. The van der Waals surface area contributed by atoms with Gasteiger partial charge in [-0.05, 0) is 48.9 Å². The lowest BCUT2D eigenvalue weighted by atomic mass is 10.1. The SMILES string of the molecule is CC(=O)Nc1ccc(OCC(=O)N[C@H](C)c2cccc(Cl)c2)cc1. The summed E-state index contributed by atoms with van der Waals surface area (Å²) in [5.41, 5.74) is 1.60. The summed E-state index contributed by atoms with van der Waals surface area (Å²) in [5.74, 6) is 0.182. The largest absolute Gasteiger partial charge is 0.484 e. The predicted octanol–water partition coefficient (Wildman–Crippen LogP) is 3.55. The Bertz CT molecular complexity index is 716. The maximum Gasteiger partial charge on any atom is 0.258 e. The molecule has 2 rings (SSSR count). The first-order valence-electron chi connectivity index (χ1n) is 7.49. The number of anilines is 1. The highest BCUT2D eigenvalue weighted by molar-refractivity contribution is 6.30. The molecule has 1 atom stereocenters. The molecule has 5 nitrogen and oxygen atoms in total. The van der Waals surface area contributed by atoms with Crippen LogP contribution in [-0.2, 0) is 9.59 Å². The van der Waals surface area contributed by atoms with E-state index in [2.05, 4.69) is 10.6 Å². The van der Waals surface area contributed by atoms with Crippen molar-refractivity contribution in [2.24, 2.45) is 0 Å². The minimum Gasteiger partial charge on any atom is -0.484 e. The number of rotatable bonds is 6. The molecule has 0 aliphatic rings. The molecule has 0 aliphatic heterocycles. The molecular weight excluding hydrogens is 328 g/mol. The highest BCUT2D eigenvalue weighted by Gasteiger charge is 2.10. The molecule has 0 saturated carbocycles. The van der Waals surface area contributed by atoms with Gasteiger partial charge < -0.3 is 15.4 Å². The Morgan fingerprint density at radius 1 is 1.17 bits per heavy atom. The predicted molar refractivity (Wildman–Crippen MR) is 94.3 cm³/mol. The van der Waals surface area contributed by atoms with E-state index < -0.39 is 0 Å². The van der Waals surface area contributed by atoms with Crippen LogP contribution in [0.4, 0.5) is 5.69 Å². The molecule has 2 amide bonds. The zero-order valence-electron chi connectivity index (χ0n) is 13.5. The van der Waals surface area contributed by atoms with Gasteiger partial charge in [0.05, 0.1) is 6.04 Å². The number of carbonyl (C=O) groups is 2. The Hall–Kier alpha value is -2.53. The number of hydrogen-bond donors (Lipinski definition) is 2. The molecular formula is C18H19ClN2O3. The molecule has 2 aromatic rings. The van der Waals surface area contributed by atoms with Crippen LogP contribution in [0.5, 0.6) is 5.75 Å². The minimum absolute atomic E-state index is 0.0929. The van der Waals surface area contributed by atoms with Crippen molar-refractivity contribution in [3.63, 3.8) is 0 Å². The third kappa shape index (κ3) is 5.59. The van der Waals surface area contributed by atoms with Gasteiger partial charge >= 0.3 is 0 Å². The second-order valence-electron chi connectivity index (χ2n) is 5.34. The van der Waals surface area contributed by atoms with E-state index in [0.717, 1.165) is 5.56 Å². The molecule has 0 aromatic heterocycles. The smallest absolute Gasteiger partial charge is 0.258 e. The van der Waals surface area contributed by atoms with Crippen molar-refractivity contribution in [3.8, 4) is 5.75 Å². The van der Waals surface area contributed by atoms with E-state index in [-0.39, 0.29) is 24.5 Å². The molecule has 0 radical (unpaired) electrons. The quantitative estimate of drug-likeness (QED) is 0.840. The van der Waals surface area contributed by atoms with Crippen molar-refractivity contribution in [2.75, 3.05) is 11.9 Å². The molecule has 24 heavy (non-hydrogen) atoms. The van der Waals surface area contributed by atoms with Gasteiger partial charge in [-0.1, -0.05) is 23.7 Å². The van der Waals surface area contributed by atoms with Gasteiger partial charge in [0, 0.05) is 17.6 Å². The van der Waals surface area contributed by atoms with Gasteiger partial charge in [-0.15, -0.1) is 0 Å². The van der Waals surface area contributed by atoms with Crippen LogP contribution in [-0.4, -0.2) is 18.4 Å². The Labute approximate surface area is 146 Å². The van der Waals surface area contributed by atoms with Gasteiger partial charge in [0.15, 0.2) is 6.61 Å². The molecule has 0 unspecified atom stereocenters. The second-order valence-corrected chi connectivity index (χ2v) is 5.77. The number of ether oxygens (including phenoxy) is 1. The van der Waals surface area contributed by atoms with Crippen molar-refractivity contribution in [3.05, 3.63) is 59.1 Å². The third-order valence-electron chi connectivity index (χ3n) is 3.27. The van der Waals surface area contributed by atoms with Gasteiger partial charge in [-0.2, -0.15) is 0 Å². The average molecular weight is 347 g/mol. The number of benzene rings is 2. The monoisotopic (exact) mass is 346 g/mol. The average Bonchev–Trinajstić information content (AvgIpc) is 2.53. The standard InChI is InChI=1S/C18H19ClN2O3/c1-12(14-4-3-5-15(19)10-14)20-18(23)11-24-17-8-6-16(7-9-17)21-13(2)22/h3-10,12H,11H2,1-2H3,(H,20,23)(H,21,22)/t12-/m1/s1. The summed E-state index contributed by atoms with van der Waals surface area (Å²) < 4.78 is 5.44. The van der Waals surface area contributed by atoms with Gasteiger partial charge in [0.1, 0.15) is 5.75 Å². The summed E-state index contributed by atoms with van der Waals surface area (Å²) in [6.45, 7) is 3.23. The molecule has 0 aliphatic carbocycles. The van der Waals surface area contributed by atoms with Crippen LogP contribution in [0.1, 0.15) is 25.5 Å². The highest BCUT2D eigenvalue weighted by Crippen LogP contribution is 2.18. The Morgan fingerprint density at radius 2 is 1.88 bits per heavy atom. The number of hydrogen-bond acceptors (Lipinski definition) is 3. The van der Waals surface area contributed by atoms with E-state index in [4.69, 9.17) is 16.3 Å². The topological polar surface area (TPSA) is 67.4 Å². The lowest BCUT2D eigenvalue weighted by molar-refractivity contribution is -0.123. The summed E-state index contributed by atoms with van der Waals surface area (Å²) in [6, 6.07) is 14.0. The number of nitrogens with one attached hydrogen (secondary N) is 2. The van der Waals surface area contributed by atoms with Gasteiger partial charge in [0.2, 0.25) is 5.91 Å². The zero-order chi connectivity index (χ0) is 17.5. The molecule has 2 N–H and O–H groups in total. The first-order chi connectivity index (χ1) is 11.4. The minimum atomic E-state index is -0.228. The van der Waals surface area contributed by atoms with Crippen LogP contribution < -0.4 is 15.4 Å². The van der Waals surface area contributed by atoms with E-state index in [0.29, 0.717) is 16.5 Å². The van der Waals surface area contributed by atoms with Gasteiger partial charge in [0.25, 0.3) is 5.91 Å². The maximum absolute atomic E-state index is 12.0. The summed E-state index contributed by atoms with van der Waals surface area (Å²) >= 11 is 5.95. The molecule has 0 bridgehead atoms. The Balaban J connectivity index is 1.83. The maximum atomic E-state index is 12.0. The van der Waals surface area contributed by atoms with Gasteiger partial charge in [-0.3, -0.25) is 9.59 Å². The third-order valence-corrected chi connectivity index (χ3v) is 3.51. The van der Waals surface area contributed by atoms with E-state index in [1.165, 1.54) is 6.92 Å². The Kier molecular flexibility index (Phi) is 6.21. The molecule has 2 aromatic carbocycles. The highest BCUT2D eigenvalue weighted by atomic mass is 35.5. The summed E-state index contributed by atoms with van der Waals surface area (Å²) in [4.78, 5) is 22.9. The van der Waals surface area contributed by atoms with Crippen molar-refractivity contribution < 1.29 is 14.3 Å². The first kappa shape index (κ1) is 17.8. The molecule has 0 heterocycles. The number of carbonyl (C=O) groups excluding carboxylic acids is 2. The van der Waals surface area contributed by atoms with Crippen molar-refractivity contribution in [1.82, 2.24) is 5.32 Å². The van der Waals surface area contributed by atoms with E-state index in [1.807, 2.05) is 25.1 Å². The van der Waals surface area contributed by atoms with E-state index in [9.17, 15) is 9.59 Å². The number of halogens is 1. The van der Waals surface area contributed by atoms with Crippen LogP contribution in [0.3, 0.4) is 0 Å². The lowest BCUT2D eigenvalue weighted by Gasteiger charge is -2.15. The Morgan fingerprint density at radius 3 is 2.50 bits per heavy atom. The molecule has 126 valence electrons. The normalized spacial score (nSPS) is 11.5. The molecule has 0 fully saturated rings. The van der Waals surface area contributed by atoms with Gasteiger partial charge in [-0.25, -0.2) is 0 Å². The van der Waals surface area contributed by atoms with Crippen LogP contribution in [0.2, 0.25) is 5.02 Å². The van der Waals surface area contributed by atoms with Crippen LogP contribution >= 0.6 is 11.6 Å². The summed E-state index contributed by atoms with van der Waals surface area (Å²) in [7, 11) is 0. The molecule has 0 spiro atoms. The van der Waals surface area contributed by atoms with Crippen LogP contribution in [0, 0.1) is 0 Å². The van der Waals surface area contributed by atoms with Crippen molar-refractivity contribution >= 4 is 29.1 Å². The fourth-order valence-corrected chi connectivity index (χ4v) is 2.33. The van der Waals surface area contributed by atoms with E-state index >= 15 is 0 Å². The second kappa shape index (κ2) is 8.36. The van der Waals surface area contributed by atoms with Crippen LogP contribution in [0.15, 0.2) is 48.5 Å². The lowest BCUT2D eigenvalue weighted by Crippen LogP contribution is -2.31. The van der Waals surface area contributed by atoms with E-state index in [1.54, 1.807) is 30.3 Å². The zero-order valence-corrected chi connectivity index (χ0v) is 14.3. The fraction of sp³-hybridized carbons (Fsp3) is 0.222. The van der Waals surface area contributed by atoms with Crippen molar-refractivity contribution in [2.45, 2.75) is 19.9 Å². The van der Waals surface area contributed by atoms with Crippen molar-refractivity contribution in [1.29, 1.82) is 0 Å². The fourth-order valence-electron chi connectivity index (χ4n) is 2.13. The molecule has 0 saturated heterocycles. The summed E-state index contributed by atoms with van der Waals surface area (Å²) in [5, 5.41) is 6.14. The van der Waals surface area contributed by atoms with Crippen LogP contribution in [0.25, 0.3) is 0 Å². The molecule has 6 heteroatoms. The number of amides is 2.